The van der Waals surface area contributed by atoms with Crippen LogP contribution in [0.5, 0.6) is 0 Å². The van der Waals surface area contributed by atoms with Gasteiger partial charge in [-0.15, -0.1) is 0 Å². The van der Waals surface area contributed by atoms with Gasteiger partial charge in [-0.3, -0.25) is 9.59 Å². The van der Waals surface area contributed by atoms with Crippen molar-refractivity contribution in [2.45, 2.75) is 18.8 Å². The summed E-state index contributed by atoms with van der Waals surface area (Å²) in [6.45, 7) is 0.345. The maximum Gasteiger partial charge on any atom is 0.240 e. The van der Waals surface area contributed by atoms with E-state index in [0.717, 1.165) is 16.9 Å². The maximum atomic E-state index is 12.3. The average molecular weight is 372 g/mol. The van der Waals surface area contributed by atoms with Gasteiger partial charge in [0, 0.05) is 0 Å². The minimum atomic E-state index is -0.269. The molecule has 2 amide bonds. The van der Waals surface area contributed by atoms with Gasteiger partial charge in [-0.2, -0.15) is 11.8 Å². The van der Waals surface area contributed by atoms with E-state index < -0.39 is 0 Å². The van der Waals surface area contributed by atoms with Crippen LogP contribution in [0.4, 0.5) is 0 Å². The van der Waals surface area contributed by atoms with Gasteiger partial charge in [-0.1, -0.05) is 12.1 Å². The fourth-order valence-corrected chi connectivity index (χ4v) is 3.06. The third-order valence-electron chi connectivity index (χ3n) is 3.79. The maximum absolute atomic E-state index is 12.3. The molecule has 0 atom stereocenters. The molecule has 26 heavy (non-hydrogen) atoms. The van der Waals surface area contributed by atoms with Gasteiger partial charge in [0.1, 0.15) is 18.1 Å². The SMILES string of the molecule is CSCc1nc2ccccc2n1CC(=O)NCC(=O)NCc1ccco1. The van der Waals surface area contributed by atoms with Crippen molar-refractivity contribution < 1.29 is 14.0 Å². The van der Waals surface area contributed by atoms with Gasteiger partial charge in [0.05, 0.1) is 36.1 Å². The third kappa shape index (κ3) is 4.45. The van der Waals surface area contributed by atoms with E-state index in [9.17, 15) is 9.59 Å². The monoisotopic (exact) mass is 372 g/mol. The van der Waals surface area contributed by atoms with Gasteiger partial charge in [-0.05, 0) is 30.5 Å². The number of hydrogen-bond donors (Lipinski definition) is 2. The molecule has 136 valence electrons. The first-order valence-corrected chi connectivity index (χ1v) is 9.55. The number of para-hydroxylation sites is 2. The topological polar surface area (TPSA) is 89.2 Å². The Hall–Kier alpha value is -2.74. The molecule has 2 heterocycles. The third-order valence-corrected chi connectivity index (χ3v) is 4.34. The Labute approximate surface area is 155 Å². The molecule has 0 aliphatic heterocycles. The Balaban J connectivity index is 1.57. The molecule has 0 saturated heterocycles. The number of hydrogen-bond acceptors (Lipinski definition) is 5. The van der Waals surface area contributed by atoms with Crippen LogP contribution in [0.3, 0.4) is 0 Å². The first kappa shape index (κ1) is 18.1. The second-order valence-corrected chi connectivity index (χ2v) is 6.53. The van der Waals surface area contributed by atoms with Gasteiger partial charge in [0.25, 0.3) is 0 Å². The lowest BCUT2D eigenvalue weighted by Crippen LogP contribution is -2.38. The van der Waals surface area contributed by atoms with Crippen LogP contribution in [0.25, 0.3) is 11.0 Å². The normalized spacial score (nSPS) is 10.8. The lowest BCUT2D eigenvalue weighted by atomic mass is 10.3. The molecule has 3 rings (SSSR count). The van der Waals surface area contributed by atoms with E-state index in [1.54, 1.807) is 30.2 Å². The van der Waals surface area contributed by atoms with Gasteiger partial charge in [0.2, 0.25) is 11.8 Å². The lowest BCUT2D eigenvalue weighted by Gasteiger charge is -2.09. The number of carbonyl (C=O) groups excluding carboxylic acids is 2. The molecule has 2 N–H and O–H groups in total. The number of imidazole rings is 1. The molecule has 2 aromatic heterocycles. The first-order valence-electron chi connectivity index (χ1n) is 8.16. The first-order chi connectivity index (χ1) is 12.7. The van der Waals surface area contributed by atoms with Crippen molar-refractivity contribution in [3.8, 4) is 0 Å². The van der Waals surface area contributed by atoms with Crippen LogP contribution >= 0.6 is 11.8 Å². The highest BCUT2D eigenvalue weighted by molar-refractivity contribution is 7.97. The fourth-order valence-electron chi connectivity index (χ4n) is 2.58. The summed E-state index contributed by atoms with van der Waals surface area (Å²) in [6, 6.07) is 11.2. The molecule has 0 aliphatic rings. The van der Waals surface area contributed by atoms with Crippen molar-refractivity contribution in [2.75, 3.05) is 12.8 Å². The van der Waals surface area contributed by atoms with E-state index >= 15 is 0 Å². The van der Waals surface area contributed by atoms with E-state index in [1.165, 1.54) is 0 Å². The predicted octanol–water partition coefficient (Wildman–Crippen LogP) is 1.92. The highest BCUT2D eigenvalue weighted by atomic mass is 32.2. The van der Waals surface area contributed by atoms with Crippen molar-refractivity contribution in [2.24, 2.45) is 0 Å². The molecule has 0 aliphatic carbocycles. The molecule has 0 unspecified atom stereocenters. The summed E-state index contributed by atoms with van der Waals surface area (Å²) in [5.74, 6) is 1.72. The molecule has 8 heteroatoms. The van der Waals surface area contributed by atoms with Crippen molar-refractivity contribution >= 4 is 34.6 Å². The number of fused-ring (bicyclic) bond motifs is 1. The highest BCUT2D eigenvalue weighted by Gasteiger charge is 2.14. The molecule has 0 bridgehead atoms. The van der Waals surface area contributed by atoms with Gasteiger partial charge >= 0.3 is 0 Å². The summed E-state index contributed by atoms with van der Waals surface area (Å²) in [7, 11) is 0. The Kier molecular flexibility index (Phi) is 5.96. The second-order valence-electron chi connectivity index (χ2n) is 5.67. The molecule has 0 saturated carbocycles. The van der Waals surface area contributed by atoms with E-state index in [0.29, 0.717) is 18.1 Å². The van der Waals surface area contributed by atoms with Crippen LogP contribution < -0.4 is 10.6 Å². The number of thioether (sulfide) groups is 1. The largest absolute Gasteiger partial charge is 0.467 e. The standard InChI is InChI=1S/C18H20N4O3S/c1-26-12-16-21-14-6-2-3-7-15(14)22(16)11-18(24)20-10-17(23)19-9-13-5-4-8-25-13/h2-8H,9-12H2,1H3,(H,19,23)(H,20,24). The molecule has 3 aromatic rings. The molecule has 7 nitrogen and oxygen atoms in total. The van der Waals surface area contributed by atoms with Crippen LogP contribution in [0.2, 0.25) is 0 Å². The van der Waals surface area contributed by atoms with Crippen molar-refractivity contribution in [1.29, 1.82) is 0 Å². The lowest BCUT2D eigenvalue weighted by molar-refractivity contribution is -0.126. The molecular weight excluding hydrogens is 352 g/mol. The minimum absolute atomic E-state index is 0.0793. The van der Waals surface area contributed by atoms with Crippen molar-refractivity contribution in [1.82, 2.24) is 20.2 Å². The number of nitrogens with zero attached hydrogens (tertiary/aromatic N) is 2. The fraction of sp³-hybridized carbons (Fsp3) is 0.278. The summed E-state index contributed by atoms with van der Waals surface area (Å²) in [5.41, 5.74) is 1.77. The van der Waals surface area contributed by atoms with E-state index in [1.807, 2.05) is 35.1 Å². The van der Waals surface area contributed by atoms with Crippen molar-refractivity contribution in [3.63, 3.8) is 0 Å². The molecule has 0 spiro atoms. The summed E-state index contributed by atoms with van der Waals surface area (Å²) >= 11 is 1.65. The van der Waals surface area contributed by atoms with E-state index in [-0.39, 0.29) is 24.9 Å². The molecule has 0 radical (unpaired) electrons. The Morgan fingerprint density at radius 2 is 2.00 bits per heavy atom. The van der Waals surface area contributed by atoms with Crippen molar-refractivity contribution in [3.05, 3.63) is 54.2 Å². The quantitative estimate of drug-likeness (QED) is 0.631. The average Bonchev–Trinajstić information content (AvgIpc) is 3.27. The minimum Gasteiger partial charge on any atom is -0.467 e. The number of benzene rings is 1. The zero-order valence-electron chi connectivity index (χ0n) is 14.4. The van der Waals surface area contributed by atoms with E-state index in [2.05, 4.69) is 15.6 Å². The highest BCUT2D eigenvalue weighted by Crippen LogP contribution is 2.18. The zero-order chi connectivity index (χ0) is 18.4. The Morgan fingerprint density at radius 3 is 2.77 bits per heavy atom. The second kappa shape index (κ2) is 8.57. The molecule has 0 fully saturated rings. The number of rotatable bonds is 8. The van der Waals surface area contributed by atoms with Gasteiger partial charge in [0.15, 0.2) is 0 Å². The number of aromatic nitrogens is 2. The number of nitrogens with one attached hydrogen (secondary N) is 2. The van der Waals surface area contributed by atoms with Gasteiger partial charge < -0.3 is 19.6 Å². The van der Waals surface area contributed by atoms with Crippen LogP contribution in [0.15, 0.2) is 47.1 Å². The summed E-state index contributed by atoms with van der Waals surface area (Å²) < 4.78 is 7.03. The number of carbonyl (C=O) groups is 2. The zero-order valence-corrected chi connectivity index (χ0v) is 15.2. The molecule has 1 aromatic carbocycles. The summed E-state index contributed by atoms with van der Waals surface area (Å²) in [6.07, 6.45) is 3.54. The smallest absolute Gasteiger partial charge is 0.240 e. The van der Waals surface area contributed by atoms with Crippen LogP contribution in [0.1, 0.15) is 11.6 Å². The predicted molar refractivity (Wildman–Crippen MR) is 101 cm³/mol. The van der Waals surface area contributed by atoms with Gasteiger partial charge in [-0.25, -0.2) is 4.98 Å². The number of amides is 2. The van der Waals surface area contributed by atoms with E-state index in [4.69, 9.17) is 4.42 Å². The Bertz CT molecular complexity index is 889. The summed E-state index contributed by atoms with van der Waals surface area (Å²) in [5, 5.41) is 5.34. The van der Waals surface area contributed by atoms with Crippen LogP contribution in [0, 0.1) is 0 Å². The Morgan fingerprint density at radius 1 is 1.15 bits per heavy atom. The molecular formula is C18H20N4O3S. The van der Waals surface area contributed by atoms with Crippen LogP contribution in [-0.4, -0.2) is 34.2 Å². The van der Waals surface area contributed by atoms with Crippen LogP contribution in [-0.2, 0) is 28.4 Å². The number of furan rings is 1. The summed E-state index contributed by atoms with van der Waals surface area (Å²) in [4.78, 5) is 28.7.